The predicted octanol–water partition coefficient (Wildman–Crippen LogP) is 1.79. The summed E-state index contributed by atoms with van der Waals surface area (Å²) in [6, 6.07) is 13.7. The minimum absolute atomic E-state index is 0.217. The Hall–Kier alpha value is -2.58. The first-order chi connectivity index (χ1) is 14.1. The highest BCUT2D eigenvalue weighted by molar-refractivity contribution is 5.85. The lowest BCUT2D eigenvalue weighted by Crippen LogP contribution is -2.65. The van der Waals surface area contributed by atoms with Crippen molar-refractivity contribution in [1.29, 1.82) is 0 Å². The Morgan fingerprint density at radius 3 is 2.79 bits per heavy atom. The van der Waals surface area contributed by atoms with E-state index in [1.807, 2.05) is 47.2 Å². The highest BCUT2D eigenvalue weighted by Crippen LogP contribution is 2.45. The lowest BCUT2D eigenvalue weighted by atomic mass is 9.85. The summed E-state index contributed by atoms with van der Waals surface area (Å²) >= 11 is 0. The number of aromatic amines is 1. The number of nitrogens with zero attached hydrogens (tertiary/aromatic N) is 2. The van der Waals surface area contributed by atoms with E-state index in [0.717, 1.165) is 22.5 Å². The van der Waals surface area contributed by atoms with Crippen LogP contribution in [0.2, 0.25) is 0 Å². The molecule has 150 valence electrons. The SMILES string of the molecule is CN1CC(O)N2[C@H](c3ccc4c(c3)OCO4)c3[nH]c4ccccc4c3C[C@@H]2C1O. The average Bonchev–Trinajstić information content (AvgIpc) is 3.34. The van der Waals surface area contributed by atoms with E-state index in [-0.39, 0.29) is 18.9 Å². The van der Waals surface area contributed by atoms with E-state index in [0.29, 0.717) is 18.7 Å². The quantitative estimate of drug-likeness (QED) is 0.585. The molecule has 4 atom stereocenters. The van der Waals surface area contributed by atoms with Crippen LogP contribution in [0.1, 0.15) is 22.9 Å². The van der Waals surface area contributed by atoms with Crippen LogP contribution in [0.5, 0.6) is 11.5 Å². The van der Waals surface area contributed by atoms with Crippen LogP contribution >= 0.6 is 0 Å². The van der Waals surface area contributed by atoms with Gasteiger partial charge in [-0.1, -0.05) is 24.3 Å². The number of hydrogen-bond acceptors (Lipinski definition) is 6. The van der Waals surface area contributed by atoms with Gasteiger partial charge in [-0.15, -0.1) is 0 Å². The van der Waals surface area contributed by atoms with Crippen LogP contribution in [0.25, 0.3) is 10.9 Å². The molecular formula is C22H23N3O4. The zero-order valence-electron chi connectivity index (χ0n) is 16.1. The van der Waals surface area contributed by atoms with Gasteiger partial charge in [0, 0.05) is 23.1 Å². The number of hydrogen-bond donors (Lipinski definition) is 3. The monoisotopic (exact) mass is 393 g/mol. The number of aliphatic hydroxyl groups is 2. The van der Waals surface area contributed by atoms with E-state index >= 15 is 0 Å². The number of piperazine rings is 1. The Morgan fingerprint density at radius 2 is 1.90 bits per heavy atom. The van der Waals surface area contributed by atoms with Crippen molar-refractivity contribution in [2.24, 2.45) is 0 Å². The molecule has 3 aromatic rings. The first kappa shape index (κ1) is 17.3. The summed E-state index contributed by atoms with van der Waals surface area (Å²) in [5, 5.41) is 23.2. The predicted molar refractivity (Wildman–Crippen MR) is 107 cm³/mol. The summed E-state index contributed by atoms with van der Waals surface area (Å²) in [5.74, 6) is 1.45. The van der Waals surface area contributed by atoms with E-state index in [9.17, 15) is 10.2 Å². The third-order valence-electron chi connectivity index (χ3n) is 6.52. The number of nitrogens with one attached hydrogen (secondary N) is 1. The fourth-order valence-electron chi connectivity index (χ4n) is 5.16. The highest BCUT2D eigenvalue weighted by atomic mass is 16.7. The van der Waals surface area contributed by atoms with Crippen LogP contribution in [0.15, 0.2) is 42.5 Å². The molecule has 2 aromatic carbocycles. The summed E-state index contributed by atoms with van der Waals surface area (Å²) in [6.45, 7) is 0.605. The van der Waals surface area contributed by atoms with E-state index < -0.39 is 12.5 Å². The van der Waals surface area contributed by atoms with Gasteiger partial charge in [-0.25, -0.2) is 0 Å². The lowest BCUT2D eigenvalue weighted by molar-refractivity contribution is -0.178. The molecule has 29 heavy (non-hydrogen) atoms. The van der Waals surface area contributed by atoms with E-state index in [1.165, 1.54) is 10.9 Å². The molecule has 1 aromatic heterocycles. The average molecular weight is 393 g/mol. The third-order valence-corrected chi connectivity index (χ3v) is 6.52. The molecular weight excluding hydrogens is 370 g/mol. The first-order valence-corrected chi connectivity index (χ1v) is 9.94. The number of para-hydroxylation sites is 1. The molecule has 6 rings (SSSR count). The van der Waals surface area contributed by atoms with Gasteiger partial charge in [-0.3, -0.25) is 9.80 Å². The standard InChI is InChI=1S/C22H23N3O4/c1-24-10-19(26)25-16(22(24)27)9-14-13-4-2-3-5-15(13)23-20(14)21(25)12-6-7-17-18(8-12)29-11-28-17/h2-8,16,19,21-23,26-27H,9-11H2,1H3/t16-,19?,21-,22?/m1/s1. The number of β-amino-alcohol motifs (C(OH)–C–C–N with tert-alkyl or cyclic N) is 1. The van der Waals surface area contributed by atoms with Gasteiger partial charge in [0.2, 0.25) is 6.79 Å². The summed E-state index contributed by atoms with van der Waals surface area (Å²) in [5.41, 5.74) is 4.34. The van der Waals surface area contributed by atoms with Gasteiger partial charge < -0.3 is 24.7 Å². The van der Waals surface area contributed by atoms with E-state index in [4.69, 9.17) is 9.47 Å². The van der Waals surface area contributed by atoms with Crippen LogP contribution < -0.4 is 9.47 Å². The summed E-state index contributed by atoms with van der Waals surface area (Å²) in [7, 11) is 1.85. The maximum Gasteiger partial charge on any atom is 0.231 e. The van der Waals surface area contributed by atoms with Crippen molar-refractivity contribution < 1.29 is 19.7 Å². The molecule has 0 amide bonds. The maximum absolute atomic E-state index is 11.0. The van der Waals surface area contributed by atoms with Crippen molar-refractivity contribution >= 4 is 10.9 Å². The van der Waals surface area contributed by atoms with Crippen molar-refractivity contribution in [1.82, 2.24) is 14.8 Å². The number of benzene rings is 2. The number of aliphatic hydroxyl groups excluding tert-OH is 2. The Balaban J connectivity index is 1.57. The molecule has 0 radical (unpaired) electrons. The smallest absolute Gasteiger partial charge is 0.231 e. The van der Waals surface area contributed by atoms with Gasteiger partial charge in [0.25, 0.3) is 0 Å². The second-order valence-electron chi connectivity index (χ2n) is 8.13. The van der Waals surface area contributed by atoms with Gasteiger partial charge in [0.15, 0.2) is 11.5 Å². The topological polar surface area (TPSA) is 81.2 Å². The van der Waals surface area contributed by atoms with Crippen LogP contribution in [-0.4, -0.2) is 63.9 Å². The zero-order chi connectivity index (χ0) is 19.7. The number of likely N-dealkylation sites (N-methyl/N-ethyl adjacent to an activating group) is 1. The third kappa shape index (κ3) is 2.45. The lowest BCUT2D eigenvalue weighted by Gasteiger charge is -2.52. The number of ether oxygens (including phenoxy) is 2. The highest BCUT2D eigenvalue weighted by Gasteiger charge is 2.48. The zero-order valence-corrected chi connectivity index (χ0v) is 16.1. The molecule has 0 bridgehead atoms. The van der Waals surface area contributed by atoms with Crippen LogP contribution in [0, 0.1) is 0 Å². The van der Waals surface area contributed by atoms with Crippen LogP contribution in [0.3, 0.4) is 0 Å². The van der Waals surface area contributed by atoms with Gasteiger partial charge in [0.05, 0.1) is 12.1 Å². The molecule has 0 spiro atoms. The van der Waals surface area contributed by atoms with Gasteiger partial charge in [-0.2, -0.15) is 0 Å². The summed E-state index contributed by atoms with van der Waals surface area (Å²) in [6.07, 6.45) is -0.678. The number of H-pyrrole nitrogens is 1. The Labute approximate surface area is 168 Å². The van der Waals surface area contributed by atoms with Gasteiger partial charge in [0.1, 0.15) is 12.5 Å². The molecule has 3 N–H and O–H groups in total. The summed E-state index contributed by atoms with van der Waals surface area (Å²) in [4.78, 5) is 7.46. The molecule has 3 aliphatic rings. The minimum Gasteiger partial charge on any atom is -0.454 e. The van der Waals surface area contributed by atoms with Crippen molar-refractivity contribution in [2.45, 2.75) is 31.0 Å². The Kier molecular flexibility index (Phi) is 3.70. The molecule has 1 fully saturated rings. The van der Waals surface area contributed by atoms with Crippen molar-refractivity contribution in [3.63, 3.8) is 0 Å². The number of aromatic nitrogens is 1. The maximum atomic E-state index is 11.0. The van der Waals surface area contributed by atoms with Crippen molar-refractivity contribution in [3.8, 4) is 11.5 Å². The van der Waals surface area contributed by atoms with Crippen molar-refractivity contribution in [3.05, 3.63) is 59.3 Å². The Morgan fingerprint density at radius 1 is 1.07 bits per heavy atom. The molecule has 3 aliphatic heterocycles. The fraction of sp³-hybridized carbons (Fsp3) is 0.364. The molecule has 0 saturated carbocycles. The molecule has 2 unspecified atom stereocenters. The summed E-state index contributed by atoms with van der Waals surface area (Å²) < 4.78 is 11.1. The van der Waals surface area contributed by atoms with E-state index in [1.54, 1.807) is 0 Å². The molecule has 0 aliphatic carbocycles. The van der Waals surface area contributed by atoms with Crippen molar-refractivity contribution in [2.75, 3.05) is 20.4 Å². The van der Waals surface area contributed by atoms with Gasteiger partial charge >= 0.3 is 0 Å². The molecule has 7 nitrogen and oxygen atoms in total. The molecule has 7 heteroatoms. The van der Waals surface area contributed by atoms with E-state index in [2.05, 4.69) is 17.1 Å². The second kappa shape index (κ2) is 6.21. The number of rotatable bonds is 1. The number of fused-ring (bicyclic) bond motifs is 5. The van der Waals surface area contributed by atoms with Crippen LogP contribution in [-0.2, 0) is 6.42 Å². The van der Waals surface area contributed by atoms with Crippen LogP contribution in [0.4, 0.5) is 0 Å². The molecule has 4 heterocycles. The minimum atomic E-state index is -0.691. The first-order valence-electron chi connectivity index (χ1n) is 9.94. The molecule has 1 saturated heterocycles. The second-order valence-corrected chi connectivity index (χ2v) is 8.13. The normalized spacial score (nSPS) is 29.1. The largest absolute Gasteiger partial charge is 0.454 e. The van der Waals surface area contributed by atoms with Gasteiger partial charge in [-0.05, 0) is 42.8 Å². The fourth-order valence-corrected chi connectivity index (χ4v) is 5.16. The Bertz CT molecular complexity index is 1100.